The largest absolute Gasteiger partial charge is 0.373 e. The highest BCUT2D eigenvalue weighted by Gasteiger charge is 2.41. The van der Waals surface area contributed by atoms with E-state index in [-0.39, 0.29) is 0 Å². The van der Waals surface area contributed by atoms with E-state index in [0.29, 0.717) is 23.5 Å². The average Bonchev–Trinajstić information content (AvgIpc) is 3.18. The first kappa shape index (κ1) is 17.9. The number of thioether (sulfide) groups is 1. The van der Waals surface area contributed by atoms with Crippen LogP contribution in [0.15, 0.2) is 29.3 Å². The minimum atomic E-state index is 0.301. The Bertz CT molecular complexity index is 583. The van der Waals surface area contributed by atoms with Crippen molar-refractivity contribution in [1.82, 2.24) is 10.6 Å². The van der Waals surface area contributed by atoms with Crippen molar-refractivity contribution >= 4 is 29.3 Å². The predicted molar refractivity (Wildman–Crippen MR) is 103 cm³/mol. The lowest BCUT2D eigenvalue weighted by molar-refractivity contribution is 0.0992. The van der Waals surface area contributed by atoms with Crippen molar-refractivity contribution in [3.63, 3.8) is 0 Å². The third-order valence-electron chi connectivity index (χ3n) is 4.69. The van der Waals surface area contributed by atoms with Gasteiger partial charge in [-0.05, 0) is 50.1 Å². The van der Waals surface area contributed by atoms with Gasteiger partial charge in [0.2, 0.25) is 0 Å². The molecule has 4 unspecified atom stereocenters. The second-order valence-electron chi connectivity index (χ2n) is 6.36. The third-order valence-corrected chi connectivity index (χ3v) is 5.92. The van der Waals surface area contributed by atoms with Crippen molar-refractivity contribution in [3.8, 4) is 0 Å². The molecule has 2 fully saturated rings. The standard InChI is InChI=1S/C18H26ClN3OS/c1-3-20-18(22-15-10-14-7-8-16(15)23-14)21-11-17(24-2)12-5-4-6-13(19)9-12/h4-6,9,14-17H,3,7-8,10-11H2,1-2H3,(H2,20,21,22). The first-order chi connectivity index (χ1) is 11.7. The minimum Gasteiger partial charge on any atom is -0.373 e. The number of ether oxygens (including phenoxy) is 1. The number of nitrogens with zero attached hydrogens (tertiary/aromatic N) is 1. The van der Waals surface area contributed by atoms with Crippen molar-refractivity contribution in [2.24, 2.45) is 4.99 Å². The van der Waals surface area contributed by atoms with Crippen molar-refractivity contribution in [3.05, 3.63) is 34.9 Å². The van der Waals surface area contributed by atoms with Crippen LogP contribution in [-0.2, 0) is 4.74 Å². The van der Waals surface area contributed by atoms with Gasteiger partial charge in [-0.25, -0.2) is 0 Å². The predicted octanol–water partition coefficient (Wildman–Crippen LogP) is 3.62. The molecular weight excluding hydrogens is 342 g/mol. The van der Waals surface area contributed by atoms with Gasteiger partial charge in [0.25, 0.3) is 0 Å². The summed E-state index contributed by atoms with van der Waals surface area (Å²) in [4.78, 5) is 4.81. The summed E-state index contributed by atoms with van der Waals surface area (Å²) in [5, 5.41) is 8.01. The molecule has 0 amide bonds. The van der Waals surface area contributed by atoms with E-state index in [0.717, 1.165) is 36.9 Å². The van der Waals surface area contributed by atoms with E-state index >= 15 is 0 Å². The summed E-state index contributed by atoms with van der Waals surface area (Å²) in [6.07, 6.45) is 6.38. The quantitative estimate of drug-likeness (QED) is 0.595. The van der Waals surface area contributed by atoms with Crippen LogP contribution < -0.4 is 10.6 Å². The minimum absolute atomic E-state index is 0.301. The lowest BCUT2D eigenvalue weighted by Crippen LogP contribution is -2.47. The van der Waals surface area contributed by atoms with E-state index in [1.165, 1.54) is 12.0 Å². The third kappa shape index (κ3) is 4.38. The second kappa shape index (κ2) is 8.45. The van der Waals surface area contributed by atoms with Crippen molar-refractivity contribution < 1.29 is 4.74 Å². The van der Waals surface area contributed by atoms with E-state index in [4.69, 9.17) is 21.3 Å². The molecule has 1 aromatic rings. The second-order valence-corrected chi connectivity index (χ2v) is 7.84. The molecular formula is C18H26ClN3OS. The highest BCUT2D eigenvalue weighted by atomic mass is 35.5. The average molecular weight is 368 g/mol. The Morgan fingerprint density at radius 2 is 2.33 bits per heavy atom. The van der Waals surface area contributed by atoms with Crippen LogP contribution in [0.3, 0.4) is 0 Å². The molecule has 2 aliphatic heterocycles. The van der Waals surface area contributed by atoms with Crippen LogP contribution in [0.25, 0.3) is 0 Å². The fourth-order valence-electron chi connectivity index (χ4n) is 3.48. The summed E-state index contributed by atoms with van der Waals surface area (Å²) in [5.74, 6) is 0.889. The molecule has 4 atom stereocenters. The summed E-state index contributed by atoms with van der Waals surface area (Å²) >= 11 is 7.92. The first-order valence-corrected chi connectivity index (χ1v) is 10.3. The van der Waals surface area contributed by atoms with E-state index in [1.54, 1.807) is 11.8 Å². The first-order valence-electron chi connectivity index (χ1n) is 8.68. The lowest BCUT2D eigenvalue weighted by Gasteiger charge is -2.23. The Kier molecular flexibility index (Phi) is 6.31. The number of aliphatic imine (C=N–C) groups is 1. The molecule has 6 heteroatoms. The zero-order chi connectivity index (χ0) is 16.9. The number of rotatable bonds is 6. The van der Waals surface area contributed by atoms with Gasteiger partial charge in [0.1, 0.15) is 0 Å². The summed E-state index contributed by atoms with van der Waals surface area (Å²) in [6.45, 7) is 3.67. The molecule has 0 spiro atoms. The van der Waals surface area contributed by atoms with E-state index in [1.807, 2.05) is 18.2 Å². The maximum Gasteiger partial charge on any atom is 0.191 e. The summed E-state index contributed by atoms with van der Waals surface area (Å²) in [6, 6.07) is 8.45. The number of hydrogen-bond donors (Lipinski definition) is 2. The van der Waals surface area contributed by atoms with Crippen molar-refractivity contribution in [2.75, 3.05) is 19.3 Å². The molecule has 3 rings (SSSR count). The smallest absolute Gasteiger partial charge is 0.191 e. The summed E-state index contributed by atoms with van der Waals surface area (Å²) in [5.41, 5.74) is 1.22. The Hall–Kier alpha value is -0.910. The Morgan fingerprint density at radius 1 is 1.46 bits per heavy atom. The molecule has 1 aromatic carbocycles. The molecule has 0 radical (unpaired) electrons. The zero-order valence-corrected chi connectivity index (χ0v) is 15.9. The molecule has 4 nitrogen and oxygen atoms in total. The molecule has 0 saturated carbocycles. The van der Waals surface area contributed by atoms with Crippen LogP contribution in [0.4, 0.5) is 0 Å². The Morgan fingerprint density at radius 3 is 2.96 bits per heavy atom. The molecule has 24 heavy (non-hydrogen) atoms. The van der Waals surface area contributed by atoms with Gasteiger partial charge < -0.3 is 15.4 Å². The highest BCUT2D eigenvalue weighted by molar-refractivity contribution is 7.98. The van der Waals surface area contributed by atoms with Crippen LogP contribution in [0.1, 0.15) is 37.0 Å². The maximum absolute atomic E-state index is 6.12. The monoisotopic (exact) mass is 367 g/mol. The Balaban J connectivity index is 1.63. The molecule has 132 valence electrons. The number of hydrogen-bond acceptors (Lipinski definition) is 3. The molecule has 2 bridgehead atoms. The number of benzene rings is 1. The fourth-order valence-corrected chi connectivity index (χ4v) is 4.32. The van der Waals surface area contributed by atoms with Gasteiger partial charge in [0.05, 0.1) is 24.8 Å². The van der Waals surface area contributed by atoms with E-state index in [2.05, 4.69) is 29.9 Å². The van der Waals surface area contributed by atoms with Crippen molar-refractivity contribution in [2.45, 2.75) is 49.7 Å². The highest BCUT2D eigenvalue weighted by Crippen LogP contribution is 2.34. The fraction of sp³-hybridized carbons (Fsp3) is 0.611. The summed E-state index contributed by atoms with van der Waals surface area (Å²) in [7, 11) is 0. The van der Waals surface area contributed by atoms with Crippen LogP contribution >= 0.6 is 23.4 Å². The van der Waals surface area contributed by atoms with Crippen molar-refractivity contribution in [1.29, 1.82) is 0 Å². The van der Waals surface area contributed by atoms with Crippen LogP contribution in [0.2, 0.25) is 5.02 Å². The topological polar surface area (TPSA) is 45.7 Å². The molecule has 0 aromatic heterocycles. The van der Waals surface area contributed by atoms with Gasteiger partial charge in [0, 0.05) is 16.8 Å². The van der Waals surface area contributed by atoms with Gasteiger partial charge in [-0.15, -0.1) is 0 Å². The normalized spacial score (nSPS) is 27.3. The van der Waals surface area contributed by atoms with Gasteiger partial charge in [-0.3, -0.25) is 4.99 Å². The molecule has 2 heterocycles. The maximum atomic E-state index is 6.12. The summed E-state index contributed by atoms with van der Waals surface area (Å²) < 4.78 is 5.93. The van der Waals surface area contributed by atoms with Crippen LogP contribution in [-0.4, -0.2) is 43.6 Å². The lowest BCUT2D eigenvalue weighted by atomic mass is 9.96. The van der Waals surface area contributed by atoms with Gasteiger partial charge in [-0.1, -0.05) is 23.7 Å². The van der Waals surface area contributed by atoms with Crippen LogP contribution in [0.5, 0.6) is 0 Å². The number of halogens is 1. The molecule has 2 aliphatic rings. The van der Waals surface area contributed by atoms with Crippen LogP contribution in [0, 0.1) is 0 Å². The Labute approximate surface area is 153 Å². The van der Waals surface area contributed by atoms with Gasteiger partial charge in [-0.2, -0.15) is 11.8 Å². The SMILES string of the molecule is CCNC(=NCC(SC)c1cccc(Cl)c1)NC1CC2CCC1O2. The number of fused-ring (bicyclic) bond motifs is 2. The van der Waals surface area contributed by atoms with Gasteiger partial charge >= 0.3 is 0 Å². The van der Waals surface area contributed by atoms with E-state index < -0.39 is 0 Å². The number of nitrogens with one attached hydrogen (secondary N) is 2. The molecule has 2 N–H and O–H groups in total. The van der Waals surface area contributed by atoms with E-state index in [9.17, 15) is 0 Å². The van der Waals surface area contributed by atoms with Gasteiger partial charge in [0.15, 0.2) is 5.96 Å². The zero-order valence-electron chi connectivity index (χ0n) is 14.3. The molecule has 0 aliphatic carbocycles. The number of guanidine groups is 1. The molecule has 2 saturated heterocycles.